The van der Waals surface area contributed by atoms with Crippen LogP contribution in [0, 0.1) is 5.82 Å². The van der Waals surface area contributed by atoms with Gasteiger partial charge in [0, 0.05) is 11.6 Å². The summed E-state index contributed by atoms with van der Waals surface area (Å²) in [5.41, 5.74) is 1.90. The van der Waals surface area contributed by atoms with Gasteiger partial charge in [0.05, 0.1) is 11.4 Å². The first-order chi connectivity index (χ1) is 12.7. The van der Waals surface area contributed by atoms with E-state index < -0.39 is 0 Å². The number of halogens is 1. The molecule has 0 fully saturated rings. The van der Waals surface area contributed by atoms with Gasteiger partial charge in [-0.05, 0) is 48.5 Å². The number of para-hydroxylation sites is 1. The molecule has 1 N–H and O–H groups in total. The van der Waals surface area contributed by atoms with Gasteiger partial charge in [0.15, 0.2) is 0 Å². The third-order valence-electron chi connectivity index (χ3n) is 3.92. The van der Waals surface area contributed by atoms with Crippen LogP contribution >= 0.6 is 0 Å². The van der Waals surface area contributed by atoms with Gasteiger partial charge in [0.1, 0.15) is 17.3 Å². The zero-order valence-electron chi connectivity index (χ0n) is 13.7. The Balaban J connectivity index is 1.73. The number of benzene rings is 3. The van der Waals surface area contributed by atoms with Crippen LogP contribution in [0.2, 0.25) is 0 Å². The fourth-order valence-electron chi connectivity index (χ4n) is 2.74. The second-order valence-corrected chi connectivity index (χ2v) is 5.76. The zero-order chi connectivity index (χ0) is 17.9. The van der Waals surface area contributed by atoms with Crippen LogP contribution in [-0.2, 0) is 0 Å². The van der Waals surface area contributed by atoms with E-state index in [0.29, 0.717) is 17.1 Å². The van der Waals surface area contributed by atoms with Gasteiger partial charge in [0.2, 0.25) is 0 Å². The summed E-state index contributed by atoms with van der Waals surface area (Å²) in [5, 5.41) is 2.75. The van der Waals surface area contributed by atoms with Gasteiger partial charge in [0.25, 0.3) is 5.56 Å². The Labute approximate surface area is 149 Å². The Morgan fingerprint density at radius 2 is 1.54 bits per heavy atom. The molecule has 0 saturated heterocycles. The molecule has 4 aromatic rings. The molecule has 0 spiro atoms. The number of aromatic nitrogens is 2. The number of ether oxygens (including phenoxy) is 1. The van der Waals surface area contributed by atoms with Gasteiger partial charge in [-0.1, -0.05) is 30.3 Å². The van der Waals surface area contributed by atoms with Crippen molar-refractivity contribution in [1.82, 2.24) is 9.78 Å². The van der Waals surface area contributed by atoms with E-state index in [1.807, 2.05) is 54.6 Å². The lowest BCUT2D eigenvalue weighted by atomic mass is 10.1. The van der Waals surface area contributed by atoms with Gasteiger partial charge >= 0.3 is 0 Å². The van der Waals surface area contributed by atoms with E-state index in [2.05, 4.69) is 5.10 Å². The summed E-state index contributed by atoms with van der Waals surface area (Å²) in [6.07, 6.45) is 0. The van der Waals surface area contributed by atoms with Gasteiger partial charge in [-0.2, -0.15) is 0 Å². The predicted molar refractivity (Wildman–Crippen MR) is 98.3 cm³/mol. The van der Waals surface area contributed by atoms with Gasteiger partial charge in [-0.3, -0.25) is 14.6 Å². The molecule has 26 heavy (non-hydrogen) atoms. The van der Waals surface area contributed by atoms with Crippen molar-refractivity contribution in [2.75, 3.05) is 0 Å². The molecule has 0 unspecified atom stereocenters. The van der Waals surface area contributed by atoms with Crippen LogP contribution in [0.4, 0.5) is 4.39 Å². The van der Waals surface area contributed by atoms with Crippen molar-refractivity contribution in [1.29, 1.82) is 0 Å². The number of H-pyrrole nitrogens is 1. The molecule has 3 aromatic carbocycles. The van der Waals surface area contributed by atoms with E-state index in [4.69, 9.17) is 4.74 Å². The Morgan fingerprint density at radius 3 is 2.31 bits per heavy atom. The molecule has 1 aromatic heterocycles. The molecule has 4 rings (SSSR count). The van der Waals surface area contributed by atoms with Crippen molar-refractivity contribution < 1.29 is 9.13 Å². The first-order valence-electron chi connectivity index (χ1n) is 8.10. The second kappa shape index (κ2) is 6.72. The van der Waals surface area contributed by atoms with Crippen LogP contribution in [0.1, 0.15) is 0 Å². The highest BCUT2D eigenvalue weighted by Crippen LogP contribution is 2.27. The zero-order valence-corrected chi connectivity index (χ0v) is 13.7. The molecule has 0 radical (unpaired) electrons. The minimum Gasteiger partial charge on any atom is -0.457 e. The second-order valence-electron chi connectivity index (χ2n) is 5.76. The summed E-state index contributed by atoms with van der Waals surface area (Å²) in [4.78, 5) is 11.9. The average molecular weight is 346 g/mol. The first-order valence-corrected chi connectivity index (χ1v) is 8.10. The lowest BCUT2D eigenvalue weighted by Gasteiger charge is -2.10. The molecule has 0 aliphatic heterocycles. The number of hydrogen-bond acceptors (Lipinski definition) is 2. The maximum absolute atomic E-state index is 13.2. The van der Waals surface area contributed by atoms with E-state index in [1.165, 1.54) is 18.2 Å². The topological polar surface area (TPSA) is 47.0 Å². The van der Waals surface area contributed by atoms with Crippen LogP contribution in [0.5, 0.6) is 11.5 Å². The van der Waals surface area contributed by atoms with Crippen LogP contribution < -0.4 is 10.3 Å². The highest BCUT2D eigenvalue weighted by molar-refractivity contribution is 5.63. The summed E-state index contributed by atoms with van der Waals surface area (Å²) < 4.78 is 20.7. The number of nitrogens with zero attached hydrogens (tertiary/aromatic N) is 1. The number of hydrogen-bond donors (Lipinski definition) is 1. The number of nitrogens with one attached hydrogen (secondary N) is 1. The van der Waals surface area contributed by atoms with Gasteiger partial charge in [-0.25, -0.2) is 4.39 Å². The smallest absolute Gasteiger partial charge is 0.265 e. The molecule has 0 aliphatic carbocycles. The standard InChI is InChI=1S/C21H15FN2O2/c22-16-9-11-17(12-10-16)24-20(14-21(25)23-24)15-5-4-8-19(13-15)26-18-6-2-1-3-7-18/h1-14H,(H,23,25). The lowest BCUT2D eigenvalue weighted by Crippen LogP contribution is -2.04. The SMILES string of the molecule is O=c1cc(-c2cccc(Oc3ccccc3)c2)n(-c2ccc(F)cc2)[nH]1. The molecular weight excluding hydrogens is 331 g/mol. The van der Waals surface area contributed by atoms with E-state index >= 15 is 0 Å². The summed E-state index contributed by atoms with van der Waals surface area (Å²) in [7, 11) is 0. The van der Waals surface area contributed by atoms with Gasteiger partial charge < -0.3 is 4.74 Å². The highest BCUT2D eigenvalue weighted by atomic mass is 19.1. The van der Waals surface area contributed by atoms with Crippen LogP contribution in [-0.4, -0.2) is 9.78 Å². The molecular formula is C21H15FN2O2. The van der Waals surface area contributed by atoms with Crippen molar-refractivity contribution in [3.63, 3.8) is 0 Å². The normalized spacial score (nSPS) is 10.7. The van der Waals surface area contributed by atoms with Crippen molar-refractivity contribution in [2.24, 2.45) is 0 Å². The third-order valence-corrected chi connectivity index (χ3v) is 3.92. The molecule has 5 heteroatoms. The van der Waals surface area contributed by atoms with E-state index in [1.54, 1.807) is 16.8 Å². The van der Waals surface area contributed by atoms with E-state index in [-0.39, 0.29) is 11.4 Å². The molecule has 4 nitrogen and oxygen atoms in total. The average Bonchev–Trinajstić information content (AvgIpc) is 3.05. The highest BCUT2D eigenvalue weighted by Gasteiger charge is 2.10. The predicted octanol–water partition coefficient (Wildman–Crippen LogP) is 4.76. The van der Waals surface area contributed by atoms with Crippen molar-refractivity contribution in [3.05, 3.63) is 101 Å². The molecule has 0 bridgehead atoms. The minimum atomic E-state index is -0.330. The van der Waals surface area contributed by atoms with E-state index in [0.717, 1.165) is 11.3 Å². The van der Waals surface area contributed by atoms with Crippen molar-refractivity contribution in [2.45, 2.75) is 0 Å². The van der Waals surface area contributed by atoms with Crippen LogP contribution in [0.15, 0.2) is 89.7 Å². The Morgan fingerprint density at radius 1 is 0.808 bits per heavy atom. The quantitative estimate of drug-likeness (QED) is 0.579. The van der Waals surface area contributed by atoms with Crippen LogP contribution in [0.3, 0.4) is 0 Å². The maximum atomic E-state index is 13.2. The maximum Gasteiger partial charge on any atom is 0.265 e. The molecule has 0 amide bonds. The third kappa shape index (κ3) is 3.28. The van der Waals surface area contributed by atoms with E-state index in [9.17, 15) is 9.18 Å². The van der Waals surface area contributed by atoms with Crippen molar-refractivity contribution >= 4 is 0 Å². The fourth-order valence-corrected chi connectivity index (χ4v) is 2.74. The monoisotopic (exact) mass is 346 g/mol. The minimum absolute atomic E-state index is 0.237. The molecule has 0 atom stereocenters. The number of aromatic amines is 1. The van der Waals surface area contributed by atoms with Gasteiger partial charge in [-0.15, -0.1) is 0 Å². The summed E-state index contributed by atoms with van der Waals surface area (Å²) in [6, 6.07) is 24.4. The van der Waals surface area contributed by atoms with Crippen molar-refractivity contribution in [3.8, 4) is 28.4 Å². The Bertz CT molecular complexity index is 1080. The first kappa shape index (κ1) is 15.9. The van der Waals surface area contributed by atoms with Crippen LogP contribution in [0.25, 0.3) is 16.9 Å². The molecule has 0 saturated carbocycles. The largest absolute Gasteiger partial charge is 0.457 e. The Kier molecular flexibility index (Phi) is 4.11. The Hall–Kier alpha value is -3.60. The molecule has 128 valence electrons. The summed E-state index contributed by atoms with van der Waals surface area (Å²) in [5.74, 6) is 1.06. The fraction of sp³-hybridized carbons (Fsp3) is 0. The summed E-state index contributed by atoms with van der Waals surface area (Å²) in [6.45, 7) is 0. The molecule has 0 aliphatic rings. The molecule has 1 heterocycles. The summed E-state index contributed by atoms with van der Waals surface area (Å²) >= 11 is 0. The lowest BCUT2D eigenvalue weighted by molar-refractivity contribution is 0.483. The number of rotatable bonds is 4.